The van der Waals surface area contributed by atoms with Gasteiger partial charge in [0.25, 0.3) is 0 Å². The minimum Gasteiger partial charge on any atom is -0.453 e. The second kappa shape index (κ2) is 5.27. The summed E-state index contributed by atoms with van der Waals surface area (Å²) in [4.78, 5) is -0.232. The zero-order valence-corrected chi connectivity index (χ0v) is 10.3. The predicted octanol–water partition coefficient (Wildman–Crippen LogP) is 3.53. The molecule has 6 heteroatoms. The van der Waals surface area contributed by atoms with Gasteiger partial charge in [0.15, 0.2) is 11.6 Å². The fourth-order valence-electron chi connectivity index (χ4n) is 1.50. The molecule has 98 valence electrons. The van der Waals surface area contributed by atoms with Crippen LogP contribution in [-0.2, 0) is 0 Å². The van der Waals surface area contributed by atoms with E-state index in [-0.39, 0.29) is 22.1 Å². The SMILES string of the molecule is NC(=S)c1c(F)cccc1Oc1cc(F)ccc1F. The van der Waals surface area contributed by atoms with Crippen molar-refractivity contribution in [3.8, 4) is 11.5 Å². The molecular formula is C13H8F3NOS. The highest BCUT2D eigenvalue weighted by Gasteiger charge is 2.15. The highest BCUT2D eigenvalue weighted by molar-refractivity contribution is 7.80. The highest BCUT2D eigenvalue weighted by atomic mass is 32.1. The van der Waals surface area contributed by atoms with Gasteiger partial charge in [0.05, 0.1) is 5.56 Å². The fourth-order valence-corrected chi connectivity index (χ4v) is 1.70. The average Bonchev–Trinajstić information content (AvgIpc) is 2.33. The van der Waals surface area contributed by atoms with Gasteiger partial charge in [-0.15, -0.1) is 0 Å². The van der Waals surface area contributed by atoms with Crippen LogP contribution in [0.1, 0.15) is 5.56 Å². The van der Waals surface area contributed by atoms with E-state index in [0.29, 0.717) is 0 Å². The third-order valence-corrected chi connectivity index (χ3v) is 2.54. The summed E-state index contributed by atoms with van der Waals surface area (Å²) in [7, 11) is 0. The fraction of sp³-hybridized carbons (Fsp3) is 0. The van der Waals surface area contributed by atoms with Crippen molar-refractivity contribution in [2.45, 2.75) is 0 Å². The molecule has 0 unspecified atom stereocenters. The molecule has 0 heterocycles. The van der Waals surface area contributed by atoms with Crippen LogP contribution in [0.3, 0.4) is 0 Å². The van der Waals surface area contributed by atoms with Crippen LogP contribution >= 0.6 is 12.2 Å². The quantitative estimate of drug-likeness (QED) is 0.875. The first kappa shape index (κ1) is 13.4. The number of ether oxygens (including phenoxy) is 1. The van der Waals surface area contributed by atoms with Crippen LogP contribution < -0.4 is 10.5 Å². The predicted molar refractivity (Wildman–Crippen MR) is 68.7 cm³/mol. The van der Waals surface area contributed by atoms with Gasteiger partial charge in [0.1, 0.15) is 22.4 Å². The molecule has 0 aliphatic rings. The van der Waals surface area contributed by atoms with Crippen LogP contribution in [0.2, 0.25) is 0 Å². The lowest BCUT2D eigenvalue weighted by molar-refractivity contribution is 0.432. The summed E-state index contributed by atoms with van der Waals surface area (Å²) in [5.74, 6) is -2.59. The molecule has 2 aromatic carbocycles. The van der Waals surface area contributed by atoms with E-state index in [1.807, 2.05) is 0 Å². The molecule has 2 nitrogen and oxygen atoms in total. The maximum Gasteiger partial charge on any atom is 0.166 e. The summed E-state index contributed by atoms with van der Waals surface area (Å²) < 4.78 is 45.2. The van der Waals surface area contributed by atoms with E-state index >= 15 is 0 Å². The van der Waals surface area contributed by atoms with Gasteiger partial charge in [-0.1, -0.05) is 18.3 Å². The van der Waals surface area contributed by atoms with Crippen molar-refractivity contribution < 1.29 is 17.9 Å². The lowest BCUT2D eigenvalue weighted by Gasteiger charge is -2.11. The van der Waals surface area contributed by atoms with E-state index in [1.165, 1.54) is 12.1 Å². The van der Waals surface area contributed by atoms with Crippen molar-refractivity contribution in [3.63, 3.8) is 0 Å². The minimum atomic E-state index is -0.778. The van der Waals surface area contributed by atoms with E-state index in [2.05, 4.69) is 0 Å². The molecule has 2 N–H and O–H groups in total. The molecule has 0 fully saturated rings. The normalized spacial score (nSPS) is 10.3. The molecule has 0 aromatic heterocycles. The van der Waals surface area contributed by atoms with Crippen LogP contribution in [-0.4, -0.2) is 4.99 Å². The molecule has 0 atom stereocenters. The Kier molecular flexibility index (Phi) is 3.71. The van der Waals surface area contributed by atoms with Gasteiger partial charge in [0.2, 0.25) is 0 Å². The summed E-state index contributed by atoms with van der Waals surface area (Å²) >= 11 is 4.70. The molecular weight excluding hydrogens is 275 g/mol. The van der Waals surface area contributed by atoms with Crippen molar-refractivity contribution in [1.82, 2.24) is 0 Å². The molecule has 0 bridgehead atoms. The molecule has 2 aromatic rings. The van der Waals surface area contributed by atoms with Gasteiger partial charge in [-0.2, -0.15) is 0 Å². The molecule has 19 heavy (non-hydrogen) atoms. The Morgan fingerprint density at radius 3 is 2.42 bits per heavy atom. The Labute approximate surface area is 112 Å². The average molecular weight is 283 g/mol. The summed E-state index contributed by atoms with van der Waals surface area (Å²) in [5, 5.41) is 0. The minimum absolute atomic E-state index is 0.0722. The van der Waals surface area contributed by atoms with Gasteiger partial charge in [-0.25, -0.2) is 13.2 Å². The Hall–Kier alpha value is -2.08. The zero-order valence-electron chi connectivity index (χ0n) is 9.49. The van der Waals surface area contributed by atoms with Gasteiger partial charge in [0, 0.05) is 6.07 Å². The first-order valence-corrected chi connectivity index (χ1v) is 5.61. The maximum absolute atomic E-state index is 13.6. The van der Waals surface area contributed by atoms with E-state index < -0.39 is 17.5 Å². The van der Waals surface area contributed by atoms with Crippen LogP contribution in [0.25, 0.3) is 0 Å². The molecule has 0 amide bonds. The Morgan fingerprint density at radius 1 is 1.00 bits per heavy atom. The lowest BCUT2D eigenvalue weighted by atomic mass is 10.2. The van der Waals surface area contributed by atoms with Crippen LogP contribution in [0.4, 0.5) is 13.2 Å². The van der Waals surface area contributed by atoms with E-state index in [4.69, 9.17) is 22.7 Å². The van der Waals surface area contributed by atoms with Crippen molar-refractivity contribution in [2.75, 3.05) is 0 Å². The Morgan fingerprint density at radius 2 is 1.74 bits per heavy atom. The van der Waals surface area contributed by atoms with Crippen LogP contribution in [0.15, 0.2) is 36.4 Å². The second-order valence-corrected chi connectivity index (χ2v) is 4.09. The van der Waals surface area contributed by atoms with E-state index in [0.717, 1.165) is 24.3 Å². The summed E-state index contributed by atoms with van der Waals surface area (Å²) in [6.45, 7) is 0. The Bertz CT molecular complexity index is 646. The topological polar surface area (TPSA) is 35.2 Å². The molecule has 0 aliphatic carbocycles. The molecule has 0 spiro atoms. The molecule has 0 aliphatic heterocycles. The summed E-state index contributed by atoms with van der Waals surface area (Å²) in [6.07, 6.45) is 0. The first-order chi connectivity index (χ1) is 8.99. The van der Waals surface area contributed by atoms with Crippen LogP contribution in [0.5, 0.6) is 11.5 Å². The van der Waals surface area contributed by atoms with Gasteiger partial charge in [-0.3, -0.25) is 0 Å². The first-order valence-electron chi connectivity index (χ1n) is 5.20. The van der Waals surface area contributed by atoms with Gasteiger partial charge in [-0.05, 0) is 24.3 Å². The van der Waals surface area contributed by atoms with Crippen molar-refractivity contribution in [3.05, 3.63) is 59.4 Å². The molecule has 2 rings (SSSR count). The highest BCUT2D eigenvalue weighted by Crippen LogP contribution is 2.29. The van der Waals surface area contributed by atoms with Gasteiger partial charge < -0.3 is 10.5 Å². The standard InChI is InChI=1S/C13H8F3NOS/c14-7-4-5-8(15)11(6-7)18-10-3-1-2-9(16)12(10)13(17)19/h1-6H,(H2,17,19). The van der Waals surface area contributed by atoms with Crippen molar-refractivity contribution in [2.24, 2.45) is 5.73 Å². The molecule has 0 radical (unpaired) electrons. The number of rotatable bonds is 3. The smallest absolute Gasteiger partial charge is 0.166 e. The molecule has 0 saturated heterocycles. The number of thiocarbonyl (C=S) groups is 1. The maximum atomic E-state index is 13.6. The molecule has 0 saturated carbocycles. The van der Waals surface area contributed by atoms with Crippen LogP contribution in [0, 0.1) is 17.5 Å². The zero-order chi connectivity index (χ0) is 14.0. The third-order valence-electron chi connectivity index (χ3n) is 2.33. The largest absolute Gasteiger partial charge is 0.453 e. The van der Waals surface area contributed by atoms with Crippen molar-refractivity contribution in [1.29, 1.82) is 0 Å². The number of halogens is 3. The number of nitrogens with two attached hydrogens (primary N) is 1. The monoisotopic (exact) mass is 283 g/mol. The van der Waals surface area contributed by atoms with E-state index in [1.54, 1.807) is 0 Å². The summed E-state index contributed by atoms with van der Waals surface area (Å²) in [6, 6.07) is 6.56. The lowest BCUT2D eigenvalue weighted by Crippen LogP contribution is -2.13. The second-order valence-electron chi connectivity index (χ2n) is 3.65. The Balaban J connectivity index is 2.46. The van der Waals surface area contributed by atoms with Gasteiger partial charge >= 0.3 is 0 Å². The van der Waals surface area contributed by atoms with Crippen molar-refractivity contribution >= 4 is 17.2 Å². The number of hydrogen-bond acceptors (Lipinski definition) is 2. The third kappa shape index (κ3) is 2.85. The summed E-state index contributed by atoms with van der Waals surface area (Å²) in [5.41, 5.74) is 5.23. The number of benzene rings is 2. The number of hydrogen-bond donors (Lipinski definition) is 1. The van der Waals surface area contributed by atoms with E-state index in [9.17, 15) is 13.2 Å².